The second kappa shape index (κ2) is 5.50. The number of benzene rings is 1. The van der Waals surface area contributed by atoms with Crippen molar-refractivity contribution in [2.24, 2.45) is 17.3 Å². The Morgan fingerprint density at radius 2 is 1.86 bits per heavy atom. The number of rotatable bonds is 4. The molecule has 0 bridgehead atoms. The third kappa shape index (κ3) is 3.55. The van der Waals surface area contributed by atoms with Crippen LogP contribution in [0, 0.1) is 17.3 Å². The molecule has 0 aliphatic heterocycles. The van der Waals surface area contributed by atoms with Crippen molar-refractivity contribution in [3.05, 3.63) is 35.9 Å². The highest BCUT2D eigenvalue weighted by Gasteiger charge is 2.61. The fourth-order valence-electron chi connectivity index (χ4n) is 2.53. The van der Waals surface area contributed by atoms with E-state index in [1.54, 1.807) is 6.08 Å². The maximum Gasteiger partial charge on any atom is 0.573 e. The fourth-order valence-corrected chi connectivity index (χ4v) is 2.79. The van der Waals surface area contributed by atoms with Crippen molar-refractivity contribution in [2.75, 3.05) is 0 Å². The van der Waals surface area contributed by atoms with Crippen molar-refractivity contribution >= 4 is 22.6 Å². The minimum atomic E-state index is -4.74. The highest BCUT2D eigenvalue weighted by atomic mass is 35.5. The van der Waals surface area contributed by atoms with E-state index in [9.17, 15) is 18.0 Å². The molecule has 7 heteroatoms. The van der Waals surface area contributed by atoms with Crippen molar-refractivity contribution in [3.63, 3.8) is 0 Å². The monoisotopic (exact) mass is 334 g/mol. The number of alkyl halides is 3. The van der Waals surface area contributed by atoms with Gasteiger partial charge in [0.15, 0.2) is 0 Å². The molecule has 1 aliphatic rings. The molecule has 0 amide bonds. The molecule has 120 valence electrons. The summed E-state index contributed by atoms with van der Waals surface area (Å²) in [4.78, 5) is 11.1. The first-order chi connectivity index (χ1) is 10.0. The summed E-state index contributed by atoms with van der Waals surface area (Å²) in [6.45, 7) is 3.66. The van der Waals surface area contributed by atoms with Gasteiger partial charge in [-0.15, -0.1) is 13.2 Å². The number of halogens is 4. The van der Waals surface area contributed by atoms with E-state index >= 15 is 0 Å². The van der Waals surface area contributed by atoms with Gasteiger partial charge in [-0.3, -0.25) is 4.79 Å². The Kier molecular flexibility index (Phi) is 4.17. The van der Waals surface area contributed by atoms with Gasteiger partial charge in [-0.25, -0.2) is 0 Å². The lowest BCUT2D eigenvalue weighted by molar-refractivity contribution is -0.274. The molecule has 0 saturated heterocycles. The zero-order valence-corrected chi connectivity index (χ0v) is 12.6. The highest BCUT2D eigenvalue weighted by Crippen LogP contribution is 2.59. The predicted octanol–water partition coefficient (Wildman–Crippen LogP) is 4.52. The van der Waals surface area contributed by atoms with Crippen molar-refractivity contribution < 1.29 is 27.8 Å². The second-order valence-corrected chi connectivity index (χ2v) is 6.16. The first-order valence-corrected chi connectivity index (χ1v) is 6.86. The van der Waals surface area contributed by atoms with Crippen LogP contribution in [0.25, 0.3) is 5.03 Å². The molecule has 1 saturated carbocycles. The van der Waals surface area contributed by atoms with Crippen molar-refractivity contribution in [3.8, 4) is 5.75 Å². The minimum Gasteiger partial charge on any atom is -0.481 e. The molecule has 2 rings (SSSR count). The predicted molar refractivity (Wildman–Crippen MR) is 75.4 cm³/mol. The maximum atomic E-state index is 12.1. The van der Waals surface area contributed by atoms with Gasteiger partial charge in [0, 0.05) is 5.03 Å². The van der Waals surface area contributed by atoms with Crippen molar-refractivity contribution in [2.45, 2.75) is 20.2 Å². The molecule has 1 N–H and O–H groups in total. The van der Waals surface area contributed by atoms with E-state index in [-0.39, 0.29) is 17.1 Å². The van der Waals surface area contributed by atoms with E-state index in [1.165, 1.54) is 12.1 Å². The summed E-state index contributed by atoms with van der Waals surface area (Å²) in [5.41, 5.74) is 0.119. The number of hydrogen-bond acceptors (Lipinski definition) is 2. The van der Waals surface area contributed by atoms with Gasteiger partial charge < -0.3 is 9.84 Å². The second-order valence-electron chi connectivity index (χ2n) is 5.75. The van der Waals surface area contributed by atoms with Gasteiger partial charge in [-0.1, -0.05) is 31.5 Å². The molecule has 1 aliphatic carbocycles. The molecule has 22 heavy (non-hydrogen) atoms. The quantitative estimate of drug-likeness (QED) is 0.880. The topological polar surface area (TPSA) is 46.5 Å². The van der Waals surface area contributed by atoms with Crippen LogP contribution in [-0.2, 0) is 4.79 Å². The zero-order chi connectivity index (χ0) is 16.7. The van der Waals surface area contributed by atoms with Crippen LogP contribution in [0.5, 0.6) is 5.75 Å². The van der Waals surface area contributed by atoms with Crippen LogP contribution < -0.4 is 4.74 Å². The van der Waals surface area contributed by atoms with Gasteiger partial charge in [-0.05, 0) is 41.2 Å². The molecule has 3 nitrogen and oxygen atoms in total. The van der Waals surface area contributed by atoms with Crippen LogP contribution >= 0.6 is 11.6 Å². The van der Waals surface area contributed by atoms with Gasteiger partial charge in [-0.2, -0.15) is 0 Å². The number of hydrogen-bond donors (Lipinski definition) is 1. The van der Waals surface area contributed by atoms with Gasteiger partial charge in [0.05, 0.1) is 5.92 Å². The first-order valence-electron chi connectivity index (χ1n) is 6.48. The van der Waals surface area contributed by atoms with Gasteiger partial charge in [0.1, 0.15) is 5.75 Å². The maximum absolute atomic E-state index is 12.1. The summed E-state index contributed by atoms with van der Waals surface area (Å²) in [7, 11) is 0. The molecule has 0 radical (unpaired) electrons. The Morgan fingerprint density at radius 1 is 1.32 bits per heavy atom. The summed E-state index contributed by atoms with van der Waals surface area (Å²) >= 11 is 6.13. The summed E-state index contributed by atoms with van der Waals surface area (Å²) in [6.07, 6.45) is -3.10. The summed E-state index contributed by atoms with van der Waals surface area (Å²) < 4.78 is 40.0. The molecule has 0 heterocycles. The number of ether oxygens (including phenoxy) is 1. The van der Waals surface area contributed by atoms with Crippen molar-refractivity contribution in [1.82, 2.24) is 0 Å². The molecule has 2 unspecified atom stereocenters. The SMILES string of the molecule is CC1(C)C(C=C(Cl)c2ccc(OC(F)(F)F)cc2)C1C(=O)O. The number of carboxylic acid groups (broad SMARTS) is 1. The van der Waals surface area contributed by atoms with E-state index in [0.29, 0.717) is 10.6 Å². The lowest BCUT2D eigenvalue weighted by Gasteiger charge is -2.09. The molecule has 1 aromatic carbocycles. The molecule has 0 aromatic heterocycles. The van der Waals surface area contributed by atoms with Gasteiger partial charge >= 0.3 is 12.3 Å². The third-order valence-electron chi connectivity index (χ3n) is 3.87. The number of carboxylic acids is 1. The summed E-state index contributed by atoms with van der Waals surface area (Å²) in [5, 5.41) is 9.40. The van der Waals surface area contributed by atoms with E-state index in [2.05, 4.69) is 4.74 Å². The Labute approximate surface area is 130 Å². The first kappa shape index (κ1) is 16.7. The largest absolute Gasteiger partial charge is 0.573 e. The van der Waals surface area contributed by atoms with E-state index in [1.807, 2.05) is 13.8 Å². The van der Waals surface area contributed by atoms with E-state index < -0.39 is 18.2 Å². The zero-order valence-electron chi connectivity index (χ0n) is 11.8. The molecular formula is C15H14ClF3O3. The molecule has 2 atom stereocenters. The lowest BCUT2D eigenvalue weighted by atomic mass is 10.1. The van der Waals surface area contributed by atoms with E-state index in [4.69, 9.17) is 16.7 Å². The normalized spacial score (nSPS) is 24.0. The Hall–Kier alpha value is -1.69. The summed E-state index contributed by atoms with van der Waals surface area (Å²) in [6, 6.07) is 5.10. The average molecular weight is 335 g/mol. The van der Waals surface area contributed by atoms with Crippen LogP contribution in [0.2, 0.25) is 0 Å². The van der Waals surface area contributed by atoms with Crippen LogP contribution in [-0.4, -0.2) is 17.4 Å². The third-order valence-corrected chi connectivity index (χ3v) is 4.21. The average Bonchev–Trinajstić information content (AvgIpc) is 2.89. The molecule has 0 spiro atoms. The van der Waals surface area contributed by atoms with Gasteiger partial charge in [0.25, 0.3) is 0 Å². The lowest BCUT2D eigenvalue weighted by Crippen LogP contribution is -2.16. The smallest absolute Gasteiger partial charge is 0.481 e. The molecule has 1 aromatic rings. The highest BCUT2D eigenvalue weighted by molar-refractivity contribution is 6.48. The Bertz CT molecular complexity index is 605. The molecule has 1 fully saturated rings. The Balaban J connectivity index is 2.12. The minimum absolute atomic E-state index is 0.205. The number of carbonyl (C=O) groups is 1. The fraction of sp³-hybridized carbons (Fsp3) is 0.400. The van der Waals surface area contributed by atoms with Crippen LogP contribution in [0.3, 0.4) is 0 Å². The van der Waals surface area contributed by atoms with Crippen LogP contribution in [0.4, 0.5) is 13.2 Å². The van der Waals surface area contributed by atoms with E-state index in [0.717, 1.165) is 12.1 Å². The Morgan fingerprint density at radius 3 is 2.27 bits per heavy atom. The summed E-state index contributed by atoms with van der Waals surface area (Å²) in [5.74, 6) is -1.93. The number of aliphatic carboxylic acids is 1. The van der Waals surface area contributed by atoms with Crippen molar-refractivity contribution in [1.29, 1.82) is 0 Å². The van der Waals surface area contributed by atoms with Crippen LogP contribution in [0.1, 0.15) is 19.4 Å². The van der Waals surface area contributed by atoms with Gasteiger partial charge in [0.2, 0.25) is 0 Å². The van der Waals surface area contributed by atoms with Crippen LogP contribution in [0.15, 0.2) is 30.3 Å². The standard InChI is InChI=1S/C15H14ClF3O3/c1-14(2)10(12(14)13(20)21)7-11(16)8-3-5-9(6-4-8)22-15(17,18)19/h3-7,10,12H,1-2H3,(H,20,21). The molecular weight excluding hydrogens is 321 g/mol. The number of allylic oxidation sites excluding steroid dienone is 1.